The van der Waals surface area contributed by atoms with E-state index < -0.39 is 0 Å². The second kappa shape index (κ2) is 7.57. The number of carbonyl (C=O) groups is 1. The summed E-state index contributed by atoms with van der Waals surface area (Å²) >= 11 is 0. The van der Waals surface area contributed by atoms with Crippen molar-refractivity contribution in [3.8, 4) is 11.4 Å². The van der Waals surface area contributed by atoms with Crippen LogP contribution < -0.4 is 11.1 Å². The standard InChI is InChI=1S/C16H20N4O2.ClH/c1-10-18-16(20-22-10)12-5-2-6-13(8-12)19-15(21)9-11-4-3-7-14(11)17;/h2,5-6,8,11,14H,3-4,7,9,17H2,1H3,(H,19,21);1H/t11-,14+;/m0./s1. The maximum atomic E-state index is 12.1. The molecule has 3 N–H and O–H groups in total. The zero-order valence-corrected chi connectivity index (χ0v) is 13.8. The molecule has 1 amide bonds. The van der Waals surface area contributed by atoms with Gasteiger partial charge in [-0.15, -0.1) is 12.4 Å². The molecule has 2 aromatic rings. The number of carbonyl (C=O) groups excluding carboxylic acids is 1. The highest BCUT2D eigenvalue weighted by atomic mass is 35.5. The van der Waals surface area contributed by atoms with Crippen molar-refractivity contribution in [1.82, 2.24) is 10.1 Å². The van der Waals surface area contributed by atoms with Crippen LogP contribution in [0.4, 0.5) is 5.69 Å². The monoisotopic (exact) mass is 336 g/mol. The van der Waals surface area contributed by atoms with E-state index >= 15 is 0 Å². The maximum Gasteiger partial charge on any atom is 0.224 e. The van der Waals surface area contributed by atoms with Crippen molar-refractivity contribution < 1.29 is 9.32 Å². The molecule has 0 saturated heterocycles. The van der Waals surface area contributed by atoms with E-state index in [0.29, 0.717) is 24.1 Å². The maximum absolute atomic E-state index is 12.1. The van der Waals surface area contributed by atoms with E-state index in [1.807, 2.05) is 24.3 Å². The fraction of sp³-hybridized carbons (Fsp3) is 0.438. The van der Waals surface area contributed by atoms with Gasteiger partial charge in [0.25, 0.3) is 0 Å². The van der Waals surface area contributed by atoms with E-state index in [4.69, 9.17) is 10.3 Å². The van der Waals surface area contributed by atoms with Crippen LogP contribution in [0.15, 0.2) is 28.8 Å². The van der Waals surface area contributed by atoms with Gasteiger partial charge < -0.3 is 15.6 Å². The number of hydrogen-bond donors (Lipinski definition) is 2. The van der Waals surface area contributed by atoms with E-state index in [1.165, 1.54) is 0 Å². The highest BCUT2D eigenvalue weighted by molar-refractivity contribution is 5.91. The number of halogens is 1. The van der Waals surface area contributed by atoms with Crippen LogP contribution in [0, 0.1) is 12.8 Å². The highest BCUT2D eigenvalue weighted by Gasteiger charge is 2.26. The molecule has 2 atom stereocenters. The lowest BCUT2D eigenvalue weighted by Crippen LogP contribution is -2.28. The van der Waals surface area contributed by atoms with Crippen molar-refractivity contribution >= 4 is 24.0 Å². The Bertz CT molecular complexity index is 674. The van der Waals surface area contributed by atoms with E-state index in [-0.39, 0.29) is 24.4 Å². The molecule has 0 unspecified atom stereocenters. The largest absolute Gasteiger partial charge is 0.339 e. The lowest BCUT2D eigenvalue weighted by Gasteiger charge is -2.14. The Morgan fingerprint density at radius 3 is 2.91 bits per heavy atom. The number of rotatable bonds is 4. The number of anilines is 1. The van der Waals surface area contributed by atoms with Crippen LogP contribution in [0.3, 0.4) is 0 Å². The van der Waals surface area contributed by atoms with E-state index in [9.17, 15) is 4.79 Å². The lowest BCUT2D eigenvalue weighted by atomic mass is 10.00. The summed E-state index contributed by atoms with van der Waals surface area (Å²) in [6.07, 6.45) is 3.65. The normalized spacial score (nSPS) is 20.1. The molecule has 3 rings (SSSR count). The van der Waals surface area contributed by atoms with Crippen LogP contribution >= 0.6 is 12.4 Å². The van der Waals surface area contributed by atoms with Crippen molar-refractivity contribution in [3.63, 3.8) is 0 Å². The third-order valence-electron chi connectivity index (χ3n) is 4.10. The predicted octanol–water partition coefficient (Wildman–Crippen LogP) is 2.92. The second-order valence-corrected chi connectivity index (χ2v) is 5.82. The minimum Gasteiger partial charge on any atom is -0.339 e. The summed E-state index contributed by atoms with van der Waals surface area (Å²) in [6, 6.07) is 7.59. The summed E-state index contributed by atoms with van der Waals surface area (Å²) in [6.45, 7) is 1.74. The molecule has 7 heteroatoms. The Labute approximate surface area is 141 Å². The number of nitrogens with two attached hydrogens (primary N) is 1. The summed E-state index contributed by atoms with van der Waals surface area (Å²) in [5.74, 6) is 1.33. The van der Waals surface area contributed by atoms with Crippen molar-refractivity contribution in [2.24, 2.45) is 11.7 Å². The third kappa shape index (κ3) is 4.30. The number of benzene rings is 1. The zero-order chi connectivity index (χ0) is 15.5. The van der Waals surface area contributed by atoms with Crippen LogP contribution in [0.5, 0.6) is 0 Å². The number of aromatic nitrogens is 2. The quantitative estimate of drug-likeness (QED) is 0.895. The number of nitrogens with one attached hydrogen (secondary N) is 1. The Balaban J connectivity index is 0.00000192. The molecule has 6 nitrogen and oxygen atoms in total. The summed E-state index contributed by atoms with van der Waals surface area (Å²) in [5.41, 5.74) is 7.56. The first-order chi connectivity index (χ1) is 10.6. The molecular weight excluding hydrogens is 316 g/mol. The van der Waals surface area contributed by atoms with Gasteiger partial charge in [-0.3, -0.25) is 4.79 Å². The molecule has 1 fully saturated rings. The predicted molar refractivity (Wildman–Crippen MR) is 90.3 cm³/mol. The molecular formula is C16H21ClN4O2. The van der Waals surface area contributed by atoms with Crippen molar-refractivity contribution in [3.05, 3.63) is 30.2 Å². The average molecular weight is 337 g/mol. The molecule has 1 saturated carbocycles. The number of nitrogens with zero attached hydrogens (tertiary/aromatic N) is 2. The summed E-state index contributed by atoms with van der Waals surface area (Å²) in [4.78, 5) is 16.3. The molecule has 0 spiro atoms. The first kappa shape index (κ1) is 17.4. The minimum atomic E-state index is 0. The Hall–Kier alpha value is -1.92. The SMILES string of the molecule is Cc1nc(-c2cccc(NC(=O)C[C@@H]3CCC[C@H]3N)c2)no1.Cl. The minimum absolute atomic E-state index is 0. The van der Waals surface area contributed by atoms with Crippen LogP contribution in [0.2, 0.25) is 0 Å². The van der Waals surface area contributed by atoms with E-state index in [0.717, 1.165) is 30.5 Å². The summed E-state index contributed by atoms with van der Waals surface area (Å²) in [5, 5.41) is 6.81. The van der Waals surface area contributed by atoms with Gasteiger partial charge >= 0.3 is 0 Å². The van der Waals surface area contributed by atoms with Gasteiger partial charge in [0.1, 0.15) is 0 Å². The number of amides is 1. The smallest absolute Gasteiger partial charge is 0.224 e. The molecule has 1 aromatic carbocycles. The fourth-order valence-electron chi connectivity index (χ4n) is 2.92. The van der Waals surface area contributed by atoms with Gasteiger partial charge in [-0.2, -0.15) is 4.98 Å². The van der Waals surface area contributed by atoms with Crippen LogP contribution in [-0.2, 0) is 4.79 Å². The van der Waals surface area contributed by atoms with Crippen LogP contribution in [-0.4, -0.2) is 22.1 Å². The van der Waals surface area contributed by atoms with Crippen molar-refractivity contribution in [2.45, 2.75) is 38.6 Å². The third-order valence-corrected chi connectivity index (χ3v) is 4.10. The number of aryl methyl sites for hydroxylation is 1. The van der Waals surface area contributed by atoms with Gasteiger partial charge in [0.15, 0.2) is 0 Å². The van der Waals surface area contributed by atoms with Gasteiger partial charge in [-0.1, -0.05) is 23.7 Å². The average Bonchev–Trinajstić information content (AvgIpc) is 3.09. The van der Waals surface area contributed by atoms with Gasteiger partial charge in [-0.25, -0.2) is 0 Å². The first-order valence-corrected chi connectivity index (χ1v) is 7.58. The molecule has 1 aliphatic carbocycles. The fourth-order valence-corrected chi connectivity index (χ4v) is 2.92. The number of hydrogen-bond acceptors (Lipinski definition) is 5. The van der Waals surface area contributed by atoms with Gasteiger partial charge in [0, 0.05) is 30.6 Å². The Morgan fingerprint density at radius 2 is 2.26 bits per heavy atom. The molecule has 0 aliphatic heterocycles. The topological polar surface area (TPSA) is 94.0 Å². The molecule has 1 heterocycles. The first-order valence-electron chi connectivity index (χ1n) is 7.58. The van der Waals surface area contributed by atoms with Crippen LogP contribution in [0.1, 0.15) is 31.6 Å². The summed E-state index contributed by atoms with van der Waals surface area (Å²) < 4.78 is 4.98. The molecule has 1 aliphatic rings. The highest BCUT2D eigenvalue weighted by Crippen LogP contribution is 2.27. The van der Waals surface area contributed by atoms with Gasteiger partial charge in [-0.05, 0) is 30.9 Å². The Kier molecular flexibility index (Phi) is 5.74. The molecule has 0 bridgehead atoms. The van der Waals surface area contributed by atoms with E-state index in [2.05, 4.69) is 15.5 Å². The molecule has 23 heavy (non-hydrogen) atoms. The lowest BCUT2D eigenvalue weighted by molar-refractivity contribution is -0.117. The van der Waals surface area contributed by atoms with E-state index in [1.54, 1.807) is 6.92 Å². The molecule has 1 aromatic heterocycles. The van der Waals surface area contributed by atoms with Crippen LogP contribution in [0.25, 0.3) is 11.4 Å². The van der Waals surface area contributed by atoms with Crippen molar-refractivity contribution in [1.29, 1.82) is 0 Å². The Morgan fingerprint density at radius 1 is 1.43 bits per heavy atom. The van der Waals surface area contributed by atoms with Crippen molar-refractivity contribution in [2.75, 3.05) is 5.32 Å². The second-order valence-electron chi connectivity index (χ2n) is 5.82. The summed E-state index contributed by atoms with van der Waals surface area (Å²) in [7, 11) is 0. The van der Waals surface area contributed by atoms with Gasteiger partial charge in [0.05, 0.1) is 0 Å². The van der Waals surface area contributed by atoms with Gasteiger partial charge in [0.2, 0.25) is 17.6 Å². The molecule has 0 radical (unpaired) electrons. The zero-order valence-electron chi connectivity index (χ0n) is 13.0. The molecule has 124 valence electrons.